The zero-order valence-electron chi connectivity index (χ0n) is 48.9. The summed E-state index contributed by atoms with van der Waals surface area (Å²) in [4.78, 5) is 172. The van der Waals surface area contributed by atoms with Crippen LogP contribution in [0.3, 0.4) is 0 Å². The number of amides is 11. The minimum atomic E-state index is -1.55. The highest BCUT2D eigenvalue weighted by Crippen LogP contribution is 2.27. The van der Waals surface area contributed by atoms with E-state index in [1.54, 1.807) is 53.4 Å². The van der Waals surface area contributed by atoms with Crippen molar-refractivity contribution in [2.45, 2.75) is 113 Å². The Hall–Kier alpha value is -9.01. The van der Waals surface area contributed by atoms with E-state index in [1.807, 2.05) is 0 Å². The molecule has 5 aliphatic rings. The number of benzene rings is 2. The molecule has 11 amide bonds. The second-order valence-corrected chi connectivity index (χ2v) is 22.8. The molecule has 6 atom stereocenters. The third kappa shape index (κ3) is 15.0. The summed E-state index contributed by atoms with van der Waals surface area (Å²) in [5, 5.41) is 36.3. The maximum atomic E-state index is 14.8. The van der Waals surface area contributed by atoms with E-state index >= 15 is 0 Å². The van der Waals surface area contributed by atoms with Crippen molar-refractivity contribution in [2.75, 3.05) is 86.2 Å². The van der Waals surface area contributed by atoms with Gasteiger partial charge in [-0.2, -0.15) is 0 Å². The molecule has 7 heterocycles. The summed E-state index contributed by atoms with van der Waals surface area (Å²) in [6.07, 6.45) is 5.51. The fraction of sp³-hybridized carbons (Fsp3) is 0.517. The molecule has 2 aromatic carbocycles. The van der Waals surface area contributed by atoms with Crippen LogP contribution in [0.15, 0.2) is 60.7 Å². The average Bonchev–Trinajstić information content (AvgIpc) is 3.57. The molecule has 5 saturated heterocycles. The van der Waals surface area contributed by atoms with Crippen molar-refractivity contribution in [3.8, 4) is 11.5 Å². The molecule has 0 saturated carbocycles. The van der Waals surface area contributed by atoms with Gasteiger partial charge in [0.15, 0.2) is 11.4 Å². The summed E-state index contributed by atoms with van der Waals surface area (Å²) >= 11 is 0. The zero-order valence-corrected chi connectivity index (χ0v) is 48.9. The first kappa shape index (κ1) is 62.5. The van der Waals surface area contributed by atoms with Crippen molar-refractivity contribution in [2.24, 2.45) is 0 Å². The van der Waals surface area contributed by atoms with Crippen molar-refractivity contribution in [3.05, 3.63) is 72.1 Å². The topological polar surface area (TPSA) is 343 Å². The Morgan fingerprint density at radius 1 is 0.506 bits per heavy atom. The van der Waals surface area contributed by atoms with Gasteiger partial charge in [0.2, 0.25) is 53.2 Å². The molecule has 0 radical (unpaired) electrons. The lowest BCUT2D eigenvalue weighted by Crippen LogP contribution is -2.61. The van der Waals surface area contributed by atoms with Gasteiger partial charge in [0.1, 0.15) is 41.7 Å². The van der Waals surface area contributed by atoms with Crippen molar-refractivity contribution in [3.63, 3.8) is 0 Å². The number of rotatable bonds is 4. The Morgan fingerprint density at radius 2 is 0.920 bits per heavy atom. The molecule has 4 aromatic rings. The number of fused-ring (bicyclic) bond motifs is 6. The van der Waals surface area contributed by atoms with Crippen LogP contribution in [0.2, 0.25) is 0 Å². The summed E-state index contributed by atoms with van der Waals surface area (Å²) in [5.41, 5.74) is -0.000806. The minimum absolute atomic E-state index is 0.0541. The molecule has 9 rings (SSSR count). The highest BCUT2D eigenvalue weighted by atomic mass is 16.5. The second kappa shape index (κ2) is 28.5. The van der Waals surface area contributed by atoms with Crippen molar-refractivity contribution < 1.29 is 67.7 Å². The van der Waals surface area contributed by atoms with E-state index in [9.17, 15) is 63.0 Å². The predicted molar refractivity (Wildman–Crippen MR) is 312 cm³/mol. The van der Waals surface area contributed by atoms with Crippen LogP contribution in [0.4, 0.5) is 0 Å². The third-order valence-electron chi connectivity index (χ3n) is 16.8. The van der Waals surface area contributed by atoms with E-state index in [4.69, 9.17) is 4.74 Å². The monoisotopic (exact) mass is 1200 g/mol. The van der Waals surface area contributed by atoms with Crippen molar-refractivity contribution in [1.29, 1.82) is 0 Å². The van der Waals surface area contributed by atoms with Gasteiger partial charge < -0.3 is 70.9 Å². The van der Waals surface area contributed by atoms with Crippen LogP contribution in [0.25, 0.3) is 21.8 Å². The molecule has 2 aromatic heterocycles. The first-order valence-electron chi connectivity index (χ1n) is 29.7. The Balaban J connectivity index is 0.966. The first-order chi connectivity index (χ1) is 41.9. The molecular formula is C60H75N13O14. The SMILES string of the molecule is CN1CC(=O)N2CCCC[C@H]2COC[C@@H](NC(=O)c2nc3ccccc3cc2O)C(=O)N2CCCC[C@H]2C(=O)NCC(=O)N(C)CC(=O)N2CCCC[C@H]2C(=O)NC[C@@H](NC(=O)c2nc3ccccc3cc2O)C(=O)N2CCCC[C@H]2C(=O)NCC1=O. The van der Waals surface area contributed by atoms with Crippen LogP contribution in [-0.4, -0.2) is 237 Å². The van der Waals surface area contributed by atoms with E-state index in [-0.39, 0.29) is 57.7 Å². The largest absolute Gasteiger partial charge is 0.505 e. The number of nitrogens with one attached hydrogen (secondary N) is 5. The maximum Gasteiger partial charge on any atom is 0.274 e. The molecular weight excluding hydrogens is 1130 g/mol. The molecule has 7 N–H and O–H groups in total. The van der Waals surface area contributed by atoms with Gasteiger partial charge in [0, 0.05) is 57.6 Å². The number of nitrogens with zero attached hydrogens (tertiary/aromatic N) is 8. The Labute approximate surface area is 501 Å². The van der Waals surface area contributed by atoms with Gasteiger partial charge in [-0.25, -0.2) is 9.97 Å². The number of likely N-dealkylation sites (N-methyl/N-ethyl adjacent to an activating group) is 2. The van der Waals surface area contributed by atoms with Gasteiger partial charge in [-0.1, -0.05) is 36.4 Å². The molecule has 0 bridgehead atoms. The first-order valence-corrected chi connectivity index (χ1v) is 29.7. The van der Waals surface area contributed by atoms with E-state index in [0.29, 0.717) is 79.7 Å². The standard InChI is InChI=1S/C60H75N13O14/c1-68-32-50(78)70-23-11-7-17-38(70)34-87-35-42(67-58(84)53-47(75)28-37-16-4-6-19-40(37)65-53)60(86)73-26-14-10-22-45(73)56(82)63-31-49(77)69(2)33-51(79)71-24-12-8-20-43(71)54(80)61-29-41(59(85)72-25-13-9-21-44(72)55(81)62-30-48(68)76)66-57(83)52-46(74)27-36-15-3-5-18-39(36)64-52/h3-6,15-16,18-19,27-28,38,41-45,74-75H,7-14,17,20-26,29-35H2,1-2H3,(H,61,80)(H,62,81)(H,63,82)(H,66,83)(H,67,84)/t38-,41+,42+,43-,44-,45-/m0/s1. The van der Waals surface area contributed by atoms with Crippen LogP contribution >= 0.6 is 0 Å². The molecule has 0 aliphatic carbocycles. The van der Waals surface area contributed by atoms with Crippen LogP contribution in [-0.2, 0) is 47.9 Å². The number of aromatic nitrogens is 2. The predicted octanol–water partition coefficient (Wildman–Crippen LogP) is -0.0888. The number of para-hydroxylation sites is 2. The second-order valence-electron chi connectivity index (χ2n) is 22.8. The van der Waals surface area contributed by atoms with Crippen molar-refractivity contribution >= 4 is 86.8 Å². The van der Waals surface area contributed by atoms with Gasteiger partial charge in [-0.3, -0.25) is 52.7 Å². The minimum Gasteiger partial charge on any atom is -0.505 e. The van der Waals surface area contributed by atoms with Crippen LogP contribution < -0.4 is 26.6 Å². The number of ether oxygens (including phenoxy) is 1. The van der Waals surface area contributed by atoms with Crippen LogP contribution in [0.5, 0.6) is 11.5 Å². The summed E-state index contributed by atoms with van der Waals surface area (Å²) in [6, 6.07) is 9.42. The number of piperidine rings is 4. The number of carbonyl (C=O) groups is 11. The van der Waals surface area contributed by atoms with E-state index in [0.717, 1.165) is 16.2 Å². The molecule has 0 spiro atoms. The Kier molecular flexibility index (Phi) is 20.4. The summed E-state index contributed by atoms with van der Waals surface area (Å²) < 4.78 is 6.21. The average molecular weight is 1200 g/mol. The van der Waals surface area contributed by atoms with Gasteiger partial charge >= 0.3 is 0 Å². The lowest BCUT2D eigenvalue weighted by Gasteiger charge is -2.38. The van der Waals surface area contributed by atoms with E-state index in [2.05, 4.69) is 36.6 Å². The van der Waals surface area contributed by atoms with Gasteiger partial charge in [-0.15, -0.1) is 0 Å². The molecule has 27 heteroatoms. The van der Waals surface area contributed by atoms with Gasteiger partial charge in [0.25, 0.3) is 11.8 Å². The molecule has 0 unspecified atom stereocenters. The van der Waals surface area contributed by atoms with Gasteiger partial charge in [0.05, 0.1) is 56.5 Å². The quantitative estimate of drug-likeness (QED) is 0.140. The van der Waals surface area contributed by atoms with Crippen LogP contribution in [0, 0.1) is 0 Å². The number of carbonyl (C=O) groups excluding carboxylic acids is 11. The van der Waals surface area contributed by atoms with Crippen LogP contribution in [0.1, 0.15) is 98.0 Å². The summed E-state index contributed by atoms with van der Waals surface area (Å²) in [5.74, 6) is -8.62. The normalized spacial score (nSPS) is 24.6. The third-order valence-corrected chi connectivity index (χ3v) is 16.8. The molecule has 5 aliphatic heterocycles. The lowest BCUT2D eigenvalue weighted by molar-refractivity contribution is -0.147. The van der Waals surface area contributed by atoms with Crippen molar-refractivity contribution in [1.82, 2.24) is 66.0 Å². The Morgan fingerprint density at radius 3 is 1.44 bits per heavy atom. The molecule has 27 nitrogen and oxygen atoms in total. The molecule has 87 heavy (non-hydrogen) atoms. The lowest BCUT2D eigenvalue weighted by atomic mass is 9.99. The highest BCUT2D eigenvalue weighted by Gasteiger charge is 2.41. The Bertz CT molecular complexity index is 3310. The maximum absolute atomic E-state index is 14.8. The van der Waals surface area contributed by atoms with E-state index < -0.39 is 151 Å². The zero-order chi connectivity index (χ0) is 61.9. The van der Waals surface area contributed by atoms with E-state index in [1.165, 1.54) is 40.9 Å². The summed E-state index contributed by atoms with van der Waals surface area (Å²) in [7, 11) is 2.76. The fourth-order valence-corrected chi connectivity index (χ4v) is 11.9. The number of hydrogen-bond donors (Lipinski definition) is 7. The van der Waals surface area contributed by atoms with Gasteiger partial charge in [-0.05, 0) is 101 Å². The summed E-state index contributed by atoms with van der Waals surface area (Å²) in [6.45, 7) is -2.49. The smallest absolute Gasteiger partial charge is 0.274 e. The number of hydrogen-bond acceptors (Lipinski definition) is 16. The highest BCUT2D eigenvalue weighted by molar-refractivity contribution is 6.03. The number of pyridine rings is 2. The molecule has 5 fully saturated rings. The molecule has 464 valence electrons. The number of aromatic hydroxyl groups is 2. The fourth-order valence-electron chi connectivity index (χ4n) is 11.9.